The summed E-state index contributed by atoms with van der Waals surface area (Å²) in [6.45, 7) is 12.7. The number of aromatic nitrogens is 2. The molecule has 1 heterocycles. The molecule has 4 N–H and O–H groups in total. The van der Waals surface area contributed by atoms with Gasteiger partial charge in [0.05, 0.1) is 6.10 Å². The molecule has 1 unspecified atom stereocenters. The molecule has 0 saturated heterocycles. The van der Waals surface area contributed by atoms with Crippen LogP contribution in [0, 0.1) is 12.8 Å². The molecular weight excluding hydrogens is 264 g/mol. The summed E-state index contributed by atoms with van der Waals surface area (Å²) in [4.78, 5) is 8.94. The van der Waals surface area contributed by atoms with Crippen LogP contribution in [-0.4, -0.2) is 27.7 Å². The number of nitrogens with two attached hydrogens (primary N) is 1. The highest BCUT2D eigenvalue weighted by Gasteiger charge is 2.21. The summed E-state index contributed by atoms with van der Waals surface area (Å²) in [5.41, 5.74) is 6.66. The molecule has 0 bridgehead atoms. The lowest BCUT2D eigenvalue weighted by Crippen LogP contribution is -2.29. The van der Waals surface area contributed by atoms with Gasteiger partial charge < -0.3 is 16.2 Å². The molecule has 1 aromatic rings. The van der Waals surface area contributed by atoms with Gasteiger partial charge in [0.1, 0.15) is 17.5 Å². The van der Waals surface area contributed by atoms with E-state index in [4.69, 9.17) is 5.73 Å². The number of nitrogens with one attached hydrogen (secondary N) is 1. The molecule has 0 amide bonds. The summed E-state index contributed by atoms with van der Waals surface area (Å²) in [6, 6.07) is 0. The van der Waals surface area contributed by atoms with E-state index in [-0.39, 0.29) is 11.5 Å². The Morgan fingerprint density at radius 2 is 1.76 bits per heavy atom. The molecule has 0 aliphatic carbocycles. The summed E-state index contributed by atoms with van der Waals surface area (Å²) in [5, 5.41) is 13.5. The minimum absolute atomic E-state index is 0.160. The van der Waals surface area contributed by atoms with Crippen molar-refractivity contribution in [2.24, 2.45) is 5.92 Å². The molecule has 0 spiro atoms. The zero-order valence-electron chi connectivity index (χ0n) is 14.2. The Hall–Kier alpha value is -1.36. The molecule has 5 nitrogen and oxygen atoms in total. The fourth-order valence-electron chi connectivity index (χ4n) is 2.24. The SMILES string of the molecule is CCC(CC)C(O)CNc1nc(C(C)(C)C)nc(N)c1C. The Balaban J connectivity index is 2.90. The molecule has 1 aromatic heterocycles. The van der Waals surface area contributed by atoms with Gasteiger partial charge in [0, 0.05) is 17.5 Å². The third kappa shape index (κ3) is 4.56. The zero-order valence-corrected chi connectivity index (χ0v) is 14.2. The third-order valence-corrected chi connectivity index (χ3v) is 3.93. The molecule has 1 rings (SSSR count). The molecule has 0 aliphatic rings. The summed E-state index contributed by atoms with van der Waals surface area (Å²) in [7, 11) is 0. The van der Waals surface area contributed by atoms with Gasteiger partial charge in [-0.05, 0) is 12.8 Å². The predicted octanol–water partition coefficient (Wildman–Crippen LogP) is 2.87. The average molecular weight is 294 g/mol. The molecule has 0 aliphatic heterocycles. The normalized spacial score (nSPS) is 13.5. The molecule has 1 atom stereocenters. The first-order valence-corrected chi connectivity index (χ1v) is 7.77. The van der Waals surface area contributed by atoms with E-state index in [1.165, 1.54) is 0 Å². The van der Waals surface area contributed by atoms with E-state index in [1.54, 1.807) is 0 Å². The van der Waals surface area contributed by atoms with Crippen LogP contribution in [0.15, 0.2) is 0 Å². The Morgan fingerprint density at radius 3 is 2.24 bits per heavy atom. The van der Waals surface area contributed by atoms with Crippen molar-refractivity contribution in [1.29, 1.82) is 0 Å². The lowest BCUT2D eigenvalue weighted by Gasteiger charge is -2.23. The second-order valence-electron chi connectivity index (χ2n) is 6.68. The van der Waals surface area contributed by atoms with Crippen LogP contribution in [0.3, 0.4) is 0 Å². The van der Waals surface area contributed by atoms with Crippen molar-refractivity contribution < 1.29 is 5.11 Å². The predicted molar refractivity (Wildman–Crippen MR) is 88.4 cm³/mol. The second-order valence-corrected chi connectivity index (χ2v) is 6.68. The summed E-state index contributed by atoms with van der Waals surface area (Å²) in [5.74, 6) is 2.23. The van der Waals surface area contributed by atoms with E-state index in [0.717, 1.165) is 24.2 Å². The minimum Gasteiger partial charge on any atom is -0.391 e. The van der Waals surface area contributed by atoms with Crippen molar-refractivity contribution in [3.8, 4) is 0 Å². The Kier molecular flexibility index (Phi) is 5.96. The standard InChI is InChI=1S/C16H30N4O/c1-7-11(8-2)12(21)9-18-14-10(3)13(17)19-15(20-14)16(4,5)6/h11-12,21H,7-9H2,1-6H3,(H3,17,18,19,20). The van der Waals surface area contributed by atoms with Crippen LogP contribution in [-0.2, 0) is 5.41 Å². The van der Waals surface area contributed by atoms with Crippen molar-refractivity contribution in [1.82, 2.24) is 9.97 Å². The van der Waals surface area contributed by atoms with E-state index in [2.05, 4.69) is 49.9 Å². The van der Waals surface area contributed by atoms with Crippen LogP contribution in [0.25, 0.3) is 0 Å². The molecule has 21 heavy (non-hydrogen) atoms. The maximum Gasteiger partial charge on any atom is 0.138 e. The molecule has 0 saturated carbocycles. The van der Waals surface area contributed by atoms with Crippen LogP contribution < -0.4 is 11.1 Å². The lowest BCUT2D eigenvalue weighted by atomic mass is 9.95. The van der Waals surface area contributed by atoms with Crippen LogP contribution in [0.5, 0.6) is 0 Å². The van der Waals surface area contributed by atoms with Gasteiger partial charge in [-0.2, -0.15) is 0 Å². The maximum absolute atomic E-state index is 10.2. The number of aliphatic hydroxyl groups excluding tert-OH is 1. The maximum atomic E-state index is 10.2. The van der Waals surface area contributed by atoms with Crippen molar-refractivity contribution >= 4 is 11.6 Å². The number of nitrogen functional groups attached to an aromatic ring is 1. The first kappa shape index (κ1) is 17.7. The van der Waals surface area contributed by atoms with Crippen LogP contribution in [0.4, 0.5) is 11.6 Å². The number of aliphatic hydroxyl groups is 1. The Morgan fingerprint density at radius 1 is 1.19 bits per heavy atom. The lowest BCUT2D eigenvalue weighted by molar-refractivity contribution is 0.114. The highest BCUT2D eigenvalue weighted by molar-refractivity contribution is 5.55. The average Bonchev–Trinajstić information content (AvgIpc) is 2.40. The van der Waals surface area contributed by atoms with Crippen LogP contribution in [0.2, 0.25) is 0 Å². The van der Waals surface area contributed by atoms with Crippen molar-refractivity contribution in [3.63, 3.8) is 0 Å². The Bertz CT molecular complexity index is 464. The zero-order chi connectivity index (χ0) is 16.2. The summed E-state index contributed by atoms with van der Waals surface area (Å²) < 4.78 is 0. The van der Waals surface area contributed by atoms with Crippen molar-refractivity contribution in [3.05, 3.63) is 11.4 Å². The van der Waals surface area contributed by atoms with Crippen LogP contribution in [0.1, 0.15) is 58.8 Å². The summed E-state index contributed by atoms with van der Waals surface area (Å²) >= 11 is 0. The van der Waals surface area contributed by atoms with E-state index < -0.39 is 0 Å². The minimum atomic E-state index is -0.381. The smallest absolute Gasteiger partial charge is 0.138 e. The first-order chi connectivity index (χ1) is 9.70. The van der Waals surface area contributed by atoms with Crippen molar-refractivity contribution in [2.45, 2.75) is 65.9 Å². The summed E-state index contributed by atoms with van der Waals surface area (Å²) in [6.07, 6.45) is 1.56. The molecule has 0 radical (unpaired) electrons. The van der Waals surface area contributed by atoms with Gasteiger partial charge in [-0.3, -0.25) is 0 Å². The first-order valence-electron chi connectivity index (χ1n) is 7.77. The van der Waals surface area contributed by atoms with Gasteiger partial charge in [0.2, 0.25) is 0 Å². The molecule has 120 valence electrons. The van der Waals surface area contributed by atoms with Gasteiger partial charge in [0.15, 0.2) is 0 Å². The second kappa shape index (κ2) is 7.07. The van der Waals surface area contributed by atoms with Crippen molar-refractivity contribution in [2.75, 3.05) is 17.6 Å². The largest absolute Gasteiger partial charge is 0.391 e. The molecule has 0 fully saturated rings. The van der Waals surface area contributed by atoms with Gasteiger partial charge in [-0.15, -0.1) is 0 Å². The molecule has 0 aromatic carbocycles. The van der Waals surface area contributed by atoms with Gasteiger partial charge >= 0.3 is 0 Å². The van der Waals surface area contributed by atoms with E-state index in [9.17, 15) is 5.11 Å². The fourth-order valence-corrected chi connectivity index (χ4v) is 2.24. The number of anilines is 2. The van der Waals surface area contributed by atoms with E-state index in [0.29, 0.717) is 24.1 Å². The fraction of sp³-hybridized carbons (Fsp3) is 0.750. The number of hydrogen-bond acceptors (Lipinski definition) is 5. The van der Waals surface area contributed by atoms with Crippen LogP contribution >= 0.6 is 0 Å². The highest BCUT2D eigenvalue weighted by Crippen LogP contribution is 2.25. The quantitative estimate of drug-likeness (QED) is 0.751. The number of hydrogen-bond donors (Lipinski definition) is 3. The number of rotatable bonds is 6. The monoisotopic (exact) mass is 294 g/mol. The van der Waals surface area contributed by atoms with Gasteiger partial charge in [-0.1, -0.05) is 47.5 Å². The highest BCUT2D eigenvalue weighted by atomic mass is 16.3. The number of nitrogens with zero attached hydrogens (tertiary/aromatic N) is 2. The topological polar surface area (TPSA) is 84.1 Å². The van der Waals surface area contributed by atoms with Gasteiger partial charge in [-0.25, -0.2) is 9.97 Å². The van der Waals surface area contributed by atoms with Gasteiger partial charge in [0.25, 0.3) is 0 Å². The molecule has 5 heteroatoms. The third-order valence-electron chi connectivity index (χ3n) is 3.93. The van der Waals surface area contributed by atoms with E-state index >= 15 is 0 Å². The Labute approximate surface area is 128 Å². The van der Waals surface area contributed by atoms with E-state index in [1.807, 2.05) is 6.92 Å². The molecular formula is C16H30N4O.